The Morgan fingerprint density at radius 1 is 0.449 bits per heavy atom. The van der Waals surface area contributed by atoms with Gasteiger partial charge in [0, 0.05) is 6.42 Å². The number of carbonyl (C=O) groups excluding carboxylic acids is 1. The van der Waals surface area contributed by atoms with Crippen molar-refractivity contribution in [3.63, 3.8) is 0 Å². The second-order valence-corrected chi connectivity index (χ2v) is 22.2. The van der Waals surface area contributed by atoms with Crippen molar-refractivity contribution in [2.45, 2.75) is 320 Å². The average Bonchev–Trinajstić information content (AvgIpc) is 3.45. The summed E-state index contributed by atoms with van der Waals surface area (Å²) in [6.45, 7) is 3.73. The SMILES string of the molecule is CC/C=C\C/C=C\C/C=C\C/C=C\C/C=C\C/C=C\C/C=C\C/C=C\CCCCCCC(=O)NC(COC1OC(CO)C(O)C(O)C1O)C(O)CCCCCCCCCCCCCCCCCCCCCCCCCCCC. The fraction of sp³-hybridized carbons (Fsp3) is 0.754. The van der Waals surface area contributed by atoms with E-state index in [1.165, 1.54) is 148 Å². The summed E-state index contributed by atoms with van der Waals surface area (Å²) >= 11 is 0. The van der Waals surface area contributed by atoms with E-state index < -0.39 is 49.5 Å². The summed E-state index contributed by atoms with van der Waals surface area (Å²) in [6, 6.07) is -0.742. The van der Waals surface area contributed by atoms with Crippen LogP contribution in [-0.2, 0) is 14.3 Å². The normalized spacial score (nSPS) is 19.3. The number of amides is 1. The van der Waals surface area contributed by atoms with E-state index in [1.807, 2.05) is 0 Å². The number of hydrogen-bond donors (Lipinski definition) is 6. The molecule has 1 heterocycles. The molecule has 0 aromatic carbocycles. The molecule has 450 valence electrons. The Morgan fingerprint density at radius 2 is 0.795 bits per heavy atom. The van der Waals surface area contributed by atoms with E-state index in [1.54, 1.807) is 0 Å². The Hall–Kier alpha value is -2.89. The molecule has 0 spiro atoms. The van der Waals surface area contributed by atoms with Crippen molar-refractivity contribution in [2.75, 3.05) is 13.2 Å². The van der Waals surface area contributed by atoms with Crippen molar-refractivity contribution in [3.05, 3.63) is 97.2 Å². The number of hydrogen-bond acceptors (Lipinski definition) is 8. The highest BCUT2D eigenvalue weighted by molar-refractivity contribution is 5.76. The van der Waals surface area contributed by atoms with Crippen LogP contribution in [0.25, 0.3) is 0 Å². The first kappa shape index (κ1) is 73.1. The van der Waals surface area contributed by atoms with Crippen LogP contribution in [0.1, 0.15) is 277 Å². The Labute approximate surface area is 479 Å². The van der Waals surface area contributed by atoms with Gasteiger partial charge in [-0.15, -0.1) is 0 Å². The third kappa shape index (κ3) is 45.8. The van der Waals surface area contributed by atoms with E-state index in [0.29, 0.717) is 12.8 Å². The maximum atomic E-state index is 13.1. The van der Waals surface area contributed by atoms with E-state index in [9.17, 15) is 30.3 Å². The van der Waals surface area contributed by atoms with Crippen LogP contribution in [-0.4, -0.2) is 87.5 Å². The van der Waals surface area contributed by atoms with Gasteiger partial charge in [-0.3, -0.25) is 4.79 Å². The topological polar surface area (TPSA) is 149 Å². The highest BCUT2D eigenvalue weighted by atomic mass is 16.7. The first-order valence-corrected chi connectivity index (χ1v) is 32.4. The zero-order valence-electron chi connectivity index (χ0n) is 50.1. The first-order valence-electron chi connectivity index (χ1n) is 32.4. The number of unbranched alkanes of at least 4 members (excludes halogenated alkanes) is 29. The van der Waals surface area contributed by atoms with Crippen molar-refractivity contribution >= 4 is 5.91 Å². The molecule has 0 radical (unpaired) electrons. The standard InChI is InChI=1S/C69H121NO8/c1-3-5-7-9-11-13-15-17-19-21-23-25-27-29-31-32-33-35-37-39-41-43-45-47-49-51-53-55-57-59-65(73)70-62(61-77-69-68(76)67(75)66(74)64(60-71)78-69)63(72)58-56-54-52-50-48-46-44-42-40-38-36-34-30-28-26-24-22-20-18-16-14-12-10-8-6-4-2/h5,7,11,13,17,19,23,25,29,31,33,35,39,41,45,47,62-64,66-69,71-72,74-76H,3-4,6,8-10,12,14-16,18,20-22,24,26-28,30,32,34,36-38,40,42-44,46,48-61H2,1-2H3,(H,70,73)/b7-5-,13-11-,19-17-,25-23-,31-29-,35-33-,41-39-,47-45-. The van der Waals surface area contributed by atoms with Crippen LogP contribution in [0, 0.1) is 0 Å². The van der Waals surface area contributed by atoms with E-state index in [4.69, 9.17) is 9.47 Å². The van der Waals surface area contributed by atoms with Crippen LogP contribution >= 0.6 is 0 Å². The molecule has 78 heavy (non-hydrogen) atoms. The highest BCUT2D eigenvalue weighted by Crippen LogP contribution is 2.23. The van der Waals surface area contributed by atoms with Gasteiger partial charge in [0.1, 0.15) is 24.4 Å². The summed E-state index contributed by atoms with van der Waals surface area (Å²) in [6.07, 6.45) is 75.9. The van der Waals surface area contributed by atoms with E-state index in [2.05, 4.69) is 116 Å². The number of ether oxygens (including phenoxy) is 2. The van der Waals surface area contributed by atoms with Gasteiger partial charge in [-0.1, -0.05) is 291 Å². The monoisotopic (exact) mass is 1090 g/mol. The van der Waals surface area contributed by atoms with Gasteiger partial charge in [0.25, 0.3) is 0 Å². The third-order valence-corrected chi connectivity index (χ3v) is 15.0. The predicted octanol–water partition coefficient (Wildman–Crippen LogP) is 17.1. The summed E-state index contributed by atoms with van der Waals surface area (Å²) in [5.41, 5.74) is 0. The summed E-state index contributed by atoms with van der Waals surface area (Å²) in [4.78, 5) is 13.1. The van der Waals surface area contributed by atoms with E-state index in [0.717, 1.165) is 103 Å². The molecule has 0 bridgehead atoms. The number of aliphatic hydroxyl groups excluding tert-OH is 5. The molecular weight excluding hydrogens is 971 g/mol. The van der Waals surface area contributed by atoms with Crippen LogP contribution in [0.15, 0.2) is 97.2 Å². The molecule has 7 atom stereocenters. The Morgan fingerprint density at radius 3 is 1.18 bits per heavy atom. The van der Waals surface area contributed by atoms with E-state index >= 15 is 0 Å². The number of allylic oxidation sites excluding steroid dienone is 16. The molecular formula is C69H121NO8. The minimum absolute atomic E-state index is 0.154. The minimum atomic E-state index is -1.57. The molecule has 0 aromatic rings. The second kappa shape index (κ2) is 57.3. The molecule has 7 unspecified atom stereocenters. The minimum Gasteiger partial charge on any atom is -0.394 e. The van der Waals surface area contributed by atoms with Gasteiger partial charge in [0.05, 0.1) is 25.4 Å². The Kier molecular flexibility index (Phi) is 53.8. The molecule has 6 N–H and O–H groups in total. The van der Waals surface area contributed by atoms with Crippen LogP contribution in [0.4, 0.5) is 0 Å². The van der Waals surface area contributed by atoms with Gasteiger partial charge in [-0.25, -0.2) is 0 Å². The molecule has 1 aliphatic rings. The number of aliphatic hydroxyl groups is 5. The van der Waals surface area contributed by atoms with Gasteiger partial charge in [0.2, 0.25) is 5.91 Å². The van der Waals surface area contributed by atoms with Crippen molar-refractivity contribution < 1.29 is 39.8 Å². The van der Waals surface area contributed by atoms with Crippen molar-refractivity contribution in [1.82, 2.24) is 5.32 Å². The van der Waals surface area contributed by atoms with E-state index in [-0.39, 0.29) is 12.5 Å². The van der Waals surface area contributed by atoms with Gasteiger partial charge >= 0.3 is 0 Å². The van der Waals surface area contributed by atoms with Gasteiger partial charge in [-0.05, 0) is 77.0 Å². The van der Waals surface area contributed by atoms with Crippen LogP contribution in [0.3, 0.4) is 0 Å². The lowest BCUT2D eigenvalue weighted by Crippen LogP contribution is -2.60. The quantitative estimate of drug-likeness (QED) is 0.0261. The molecule has 1 aliphatic heterocycles. The number of carbonyl (C=O) groups is 1. The fourth-order valence-electron chi connectivity index (χ4n) is 9.88. The summed E-state index contributed by atoms with van der Waals surface area (Å²) < 4.78 is 11.3. The predicted molar refractivity (Wildman–Crippen MR) is 331 cm³/mol. The molecule has 1 fully saturated rings. The van der Waals surface area contributed by atoms with Gasteiger partial charge < -0.3 is 40.3 Å². The summed E-state index contributed by atoms with van der Waals surface area (Å²) in [7, 11) is 0. The van der Waals surface area contributed by atoms with Crippen molar-refractivity contribution in [1.29, 1.82) is 0 Å². The van der Waals surface area contributed by atoms with Gasteiger partial charge in [0.15, 0.2) is 6.29 Å². The first-order chi connectivity index (χ1) is 38.3. The zero-order chi connectivity index (χ0) is 56.5. The smallest absolute Gasteiger partial charge is 0.220 e. The lowest BCUT2D eigenvalue weighted by Gasteiger charge is -2.40. The number of nitrogens with one attached hydrogen (secondary N) is 1. The molecule has 9 heteroatoms. The Bertz CT molecular complexity index is 1550. The largest absolute Gasteiger partial charge is 0.394 e. The maximum absolute atomic E-state index is 13.1. The lowest BCUT2D eigenvalue weighted by molar-refractivity contribution is -0.302. The van der Waals surface area contributed by atoms with Crippen molar-refractivity contribution in [2.24, 2.45) is 0 Å². The highest BCUT2D eigenvalue weighted by Gasteiger charge is 2.44. The van der Waals surface area contributed by atoms with Crippen LogP contribution < -0.4 is 5.32 Å². The van der Waals surface area contributed by atoms with Gasteiger partial charge in [-0.2, -0.15) is 0 Å². The molecule has 0 saturated carbocycles. The third-order valence-electron chi connectivity index (χ3n) is 15.0. The lowest BCUT2D eigenvalue weighted by atomic mass is 9.99. The molecule has 0 aliphatic carbocycles. The zero-order valence-corrected chi connectivity index (χ0v) is 50.1. The molecule has 0 aromatic heterocycles. The Balaban J connectivity index is 2.21. The maximum Gasteiger partial charge on any atom is 0.220 e. The molecule has 1 rings (SSSR count). The molecule has 1 amide bonds. The van der Waals surface area contributed by atoms with Crippen LogP contribution in [0.5, 0.6) is 0 Å². The van der Waals surface area contributed by atoms with Crippen molar-refractivity contribution in [3.8, 4) is 0 Å². The average molecular weight is 1090 g/mol. The fourth-order valence-corrected chi connectivity index (χ4v) is 9.88. The summed E-state index contributed by atoms with van der Waals surface area (Å²) in [5.74, 6) is -0.169. The molecule has 1 saturated heterocycles. The van der Waals surface area contributed by atoms with Crippen LogP contribution in [0.2, 0.25) is 0 Å². The molecule has 9 nitrogen and oxygen atoms in total. The second-order valence-electron chi connectivity index (χ2n) is 22.2. The summed E-state index contributed by atoms with van der Waals surface area (Å²) in [5, 5.41) is 54.8. The number of rotatable bonds is 55.